The van der Waals surface area contributed by atoms with Crippen molar-refractivity contribution in [2.45, 2.75) is 20.4 Å². The molecule has 2 aromatic rings. The number of hydrogen-bond acceptors (Lipinski definition) is 4. The second-order valence-electron chi connectivity index (χ2n) is 4.29. The maximum Gasteiger partial charge on any atom is 0.293 e. The van der Waals surface area contributed by atoms with Crippen molar-refractivity contribution in [1.82, 2.24) is 25.0 Å². The lowest BCUT2D eigenvalue weighted by Crippen LogP contribution is -2.19. The van der Waals surface area contributed by atoms with Crippen LogP contribution < -0.4 is 5.43 Å². The molecule has 0 fully saturated rings. The Hall–Kier alpha value is -2.22. The fraction of sp³-hybridized carbons (Fsp3) is 0.333. The average Bonchev–Trinajstić information content (AvgIpc) is 2.93. The van der Waals surface area contributed by atoms with Crippen LogP contribution in [0.2, 0.25) is 5.02 Å². The van der Waals surface area contributed by atoms with Gasteiger partial charge in [-0.25, -0.2) is 10.1 Å². The van der Waals surface area contributed by atoms with Crippen LogP contribution in [0.5, 0.6) is 0 Å². The van der Waals surface area contributed by atoms with Gasteiger partial charge in [-0.05, 0) is 13.8 Å². The van der Waals surface area contributed by atoms with Gasteiger partial charge in [-0.15, -0.1) is 0 Å². The quantitative estimate of drug-likeness (QED) is 0.686. The van der Waals surface area contributed by atoms with Crippen molar-refractivity contribution in [2.24, 2.45) is 12.1 Å². The predicted molar refractivity (Wildman–Crippen MR) is 75.9 cm³/mol. The summed E-state index contributed by atoms with van der Waals surface area (Å²) < 4.78 is 16.3. The Morgan fingerprint density at radius 1 is 1.57 bits per heavy atom. The Bertz CT molecular complexity index is 705. The number of nitrogens with one attached hydrogen (secondary N) is 1. The van der Waals surface area contributed by atoms with E-state index in [1.54, 1.807) is 13.1 Å². The van der Waals surface area contributed by atoms with E-state index >= 15 is 0 Å². The number of hydrogen-bond donors (Lipinski definition) is 1. The van der Waals surface area contributed by atoms with Gasteiger partial charge in [0.1, 0.15) is 0 Å². The first-order chi connectivity index (χ1) is 9.93. The van der Waals surface area contributed by atoms with Gasteiger partial charge in [0.15, 0.2) is 5.69 Å². The van der Waals surface area contributed by atoms with E-state index in [0.717, 1.165) is 4.68 Å². The summed E-state index contributed by atoms with van der Waals surface area (Å²) in [6, 6.07) is 0. The number of aromatic nitrogens is 4. The Balaban J connectivity index is 2.10. The SMILES string of the molecule is CCn1cc(Cl)c(C(=O)N/N=C\c2c(C)nn(C)c2F)n1. The number of halogens is 2. The fourth-order valence-corrected chi connectivity index (χ4v) is 1.95. The first-order valence-electron chi connectivity index (χ1n) is 6.19. The van der Waals surface area contributed by atoms with Gasteiger partial charge >= 0.3 is 0 Å². The molecule has 0 spiro atoms. The van der Waals surface area contributed by atoms with Gasteiger partial charge < -0.3 is 0 Å². The van der Waals surface area contributed by atoms with Crippen molar-refractivity contribution < 1.29 is 9.18 Å². The first kappa shape index (κ1) is 15.2. The summed E-state index contributed by atoms with van der Waals surface area (Å²) >= 11 is 5.90. The molecule has 0 saturated carbocycles. The smallest absolute Gasteiger partial charge is 0.271 e. The molecule has 0 bridgehead atoms. The van der Waals surface area contributed by atoms with Gasteiger partial charge in [0, 0.05) is 19.8 Å². The molecule has 0 aliphatic carbocycles. The molecule has 0 aliphatic heterocycles. The summed E-state index contributed by atoms with van der Waals surface area (Å²) in [5.74, 6) is -1.09. The van der Waals surface area contributed by atoms with Gasteiger partial charge in [-0.3, -0.25) is 9.48 Å². The topological polar surface area (TPSA) is 77.1 Å². The maximum atomic E-state index is 13.6. The summed E-state index contributed by atoms with van der Waals surface area (Å²) in [6.45, 7) is 4.11. The van der Waals surface area contributed by atoms with Crippen LogP contribution >= 0.6 is 11.6 Å². The number of carbonyl (C=O) groups excluding carboxylic acids is 1. The van der Waals surface area contributed by atoms with Crippen LogP contribution in [0, 0.1) is 12.9 Å². The lowest BCUT2D eigenvalue weighted by molar-refractivity contribution is 0.0949. The lowest BCUT2D eigenvalue weighted by atomic mass is 10.3. The minimum Gasteiger partial charge on any atom is -0.271 e. The van der Waals surface area contributed by atoms with Gasteiger partial charge in [0.05, 0.1) is 22.5 Å². The highest BCUT2D eigenvalue weighted by Gasteiger charge is 2.15. The van der Waals surface area contributed by atoms with Crippen molar-refractivity contribution in [3.8, 4) is 0 Å². The first-order valence-corrected chi connectivity index (χ1v) is 6.57. The number of aryl methyl sites for hydroxylation is 3. The Morgan fingerprint density at radius 3 is 2.81 bits per heavy atom. The van der Waals surface area contributed by atoms with Crippen LogP contribution in [0.4, 0.5) is 4.39 Å². The summed E-state index contributed by atoms with van der Waals surface area (Å²) in [6.07, 6.45) is 2.74. The second kappa shape index (κ2) is 6.04. The minimum atomic E-state index is -0.564. The lowest BCUT2D eigenvalue weighted by Gasteiger charge is -1.96. The van der Waals surface area contributed by atoms with Crippen LogP contribution in [-0.2, 0) is 13.6 Å². The molecule has 2 aromatic heterocycles. The van der Waals surface area contributed by atoms with E-state index in [1.165, 1.54) is 17.9 Å². The third-order valence-corrected chi connectivity index (χ3v) is 3.09. The number of hydrazone groups is 1. The van der Waals surface area contributed by atoms with Crippen LogP contribution in [0.3, 0.4) is 0 Å². The molecule has 112 valence electrons. The van der Waals surface area contributed by atoms with Gasteiger partial charge in [-0.2, -0.15) is 19.7 Å². The van der Waals surface area contributed by atoms with E-state index < -0.39 is 11.9 Å². The largest absolute Gasteiger partial charge is 0.293 e. The average molecular weight is 313 g/mol. The third-order valence-electron chi connectivity index (χ3n) is 2.81. The van der Waals surface area contributed by atoms with E-state index in [0.29, 0.717) is 12.2 Å². The van der Waals surface area contributed by atoms with Crippen molar-refractivity contribution in [3.63, 3.8) is 0 Å². The Morgan fingerprint density at radius 2 is 2.29 bits per heavy atom. The molecular formula is C12H14ClFN6O. The predicted octanol–water partition coefficient (Wildman–Crippen LogP) is 1.50. The van der Waals surface area contributed by atoms with Crippen molar-refractivity contribution in [2.75, 3.05) is 0 Å². The molecular weight excluding hydrogens is 299 g/mol. The molecule has 21 heavy (non-hydrogen) atoms. The molecule has 9 heteroatoms. The Labute approximate surface area is 125 Å². The zero-order valence-corrected chi connectivity index (χ0v) is 12.5. The molecule has 0 aromatic carbocycles. The Kier molecular flexibility index (Phi) is 4.37. The zero-order chi connectivity index (χ0) is 15.6. The molecule has 0 unspecified atom stereocenters. The van der Waals surface area contributed by atoms with Gasteiger partial charge in [0.2, 0.25) is 5.95 Å². The number of rotatable bonds is 4. The van der Waals surface area contributed by atoms with E-state index in [2.05, 4.69) is 20.7 Å². The second-order valence-corrected chi connectivity index (χ2v) is 4.70. The molecule has 2 rings (SSSR count). The van der Waals surface area contributed by atoms with Crippen LogP contribution in [0.1, 0.15) is 28.7 Å². The molecule has 7 nitrogen and oxygen atoms in total. The number of carbonyl (C=O) groups is 1. The molecule has 1 N–H and O–H groups in total. The van der Waals surface area contributed by atoms with Crippen molar-refractivity contribution >= 4 is 23.7 Å². The summed E-state index contributed by atoms with van der Waals surface area (Å²) in [7, 11) is 1.48. The molecule has 0 aliphatic rings. The zero-order valence-electron chi connectivity index (χ0n) is 11.8. The monoisotopic (exact) mass is 312 g/mol. The van der Waals surface area contributed by atoms with E-state index in [4.69, 9.17) is 11.6 Å². The molecule has 1 amide bonds. The van der Waals surface area contributed by atoms with Crippen LogP contribution in [-0.4, -0.2) is 31.7 Å². The maximum absolute atomic E-state index is 13.6. The van der Waals surface area contributed by atoms with E-state index in [-0.39, 0.29) is 16.3 Å². The van der Waals surface area contributed by atoms with E-state index in [1.807, 2.05) is 6.92 Å². The molecule has 0 radical (unpaired) electrons. The number of amides is 1. The summed E-state index contributed by atoms with van der Waals surface area (Å²) in [4.78, 5) is 11.9. The molecule has 2 heterocycles. The highest BCUT2D eigenvalue weighted by molar-refractivity contribution is 6.33. The highest BCUT2D eigenvalue weighted by atomic mass is 35.5. The minimum absolute atomic E-state index is 0.0686. The summed E-state index contributed by atoms with van der Waals surface area (Å²) in [5, 5.41) is 11.8. The molecule has 0 atom stereocenters. The highest BCUT2D eigenvalue weighted by Crippen LogP contribution is 2.13. The van der Waals surface area contributed by atoms with Crippen molar-refractivity contribution in [1.29, 1.82) is 0 Å². The van der Waals surface area contributed by atoms with Crippen molar-refractivity contribution in [3.05, 3.63) is 34.1 Å². The molecule has 0 saturated heterocycles. The van der Waals surface area contributed by atoms with Gasteiger partial charge in [0.25, 0.3) is 5.91 Å². The standard InChI is InChI=1S/C12H14ClFN6O/c1-4-20-6-9(13)10(18-20)12(21)16-15-5-8-7(2)17-19(3)11(8)14/h5-6H,4H2,1-3H3,(H,16,21)/b15-5-. The summed E-state index contributed by atoms with van der Waals surface area (Å²) in [5.41, 5.74) is 3.01. The van der Waals surface area contributed by atoms with Crippen LogP contribution in [0.25, 0.3) is 0 Å². The van der Waals surface area contributed by atoms with E-state index in [9.17, 15) is 9.18 Å². The van der Waals surface area contributed by atoms with Gasteiger partial charge in [-0.1, -0.05) is 11.6 Å². The normalized spacial score (nSPS) is 11.3. The third kappa shape index (κ3) is 3.10. The van der Waals surface area contributed by atoms with Crippen LogP contribution in [0.15, 0.2) is 11.3 Å². The number of nitrogens with zero attached hydrogens (tertiary/aromatic N) is 5. The fourth-order valence-electron chi connectivity index (χ4n) is 1.71.